The number of rotatable bonds is 7. The van der Waals surface area contributed by atoms with Crippen LogP contribution >= 0.6 is 72.0 Å². The van der Waals surface area contributed by atoms with Crippen LogP contribution < -0.4 is 0 Å². The van der Waals surface area contributed by atoms with E-state index in [0.717, 1.165) is 5.33 Å². The molecule has 0 heterocycles. The van der Waals surface area contributed by atoms with Crippen molar-refractivity contribution >= 4 is 72.0 Å². The van der Waals surface area contributed by atoms with Crippen LogP contribution in [0.5, 0.6) is 0 Å². The van der Waals surface area contributed by atoms with Crippen molar-refractivity contribution in [2.75, 3.05) is 10.7 Å². The predicted octanol–water partition coefficient (Wildman–Crippen LogP) is 3.46. The Labute approximate surface area is 118 Å². The van der Waals surface area contributed by atoms with E-state index in [9.17, 15) is 4.57 Å². The molecule has 0 aromatic rings. The molecular weight excluding hydrogens is 471 g/mol. The number of halogens is 4. The maximum atomic E-state index is 10.6. The summed E-state index contributed by atoms with van der Waals surface area (Å²) in [5, 5.41) is 1.45. The molecule has 4 unspecified atom stereocenters. The molecule has 0 fully saturated rings. The average Bonchev–Trinajstić information content (AvgIpc) is 2.14. The molecule has 4 atom stereocenters. The van der Waals surface area contributed by atoms with Gasteiger partial charge in [-0.15, -0.1) is 0 Å². The van der Waals surface area contributed by atoms with Crippen molar-refractivity contribution in [2.45, 2.75) is 22.2 Å². The summed E-state index contributed by atoms with van der Waals surface area (Å²) in [4.78, 5) is 8.97. The van der Waals surface area contributed by atoms with Crippen molar-refractivity contribution in [3.05, 3.63) is 0 Å². The van der Waals surface area contributed by atoms with Crippen LogP contribution in [-0.4, -0.2) is 31.3 Å². The van der Waals surface area contributed by atoms with Crippen LogP contribution in [0.15, 0.2) is 0 Å². The second kappa shape index (κ2) is 9.14. The summed E-state index contributed by atoms with van der Waals surface area (Å²) in [7, 11) is -2.88. The molecule has 0 aromatic carbocycles. The third-order valence-corrected chi connectivity index (χ3v) is 6.79. The largest absolute Gasteiger partial charge is 0.326 e. The van der Waals surface area contributed by atoms with E-state index in [2.05, 4.69) is 63.7 Å². The molecule has 0 saturated carbocycles. The third kappa shape index (κ3) is 7.36. The van der Waals surface area contributed by atoms with Gasteiger partial charge in [-0.3, -0.25) is 4.57 Å². The van der Waals surface area contributed by atoms with Gasteiger partial charge in [0.15, 0.2) is 0 Å². The summed E-state index contributed by atoms with van der Waals surface area (Å²) in [6.07, 6.45) is 0.400. The Hall–Kier alpha value is 2.07. The Kier molecular flexibility index (Phi) is 10.5. The maximum Gasteiger partial charge on any atom is 0.316 e. The second-order valence-corrected chi connectivity index (χ2v) is 7.11. The molecule has 8 heteroatoms. The van der Waals surface area contributed by atoms with Gasteiger partial charge in [-0.05, 0) is 6.42 Å². The van der Waals surface area contributed by atoms with Gasteiger partial charge in [-0.2, -0.15) is 0 Å². The van der Waals surface area contributed by atoms with E-state index in [1.807, 2.05) is 0 Å². The van der Waals surface area contributed by atoms with Crippen LogP contribution in [0.2, 0.25) is 0 Å². The topological polar surface area (TPSA) is 46.5 Å². The fraction of sp³-hybridized carbons (Fsp3) is 1.00. The molecule has 0 aliphatic heterocycles. The summed E-state index contributed by atoms with van der Waals surface area (Å²) in [5.41, 5.74) is 0. The van der Waals surface area contributed by atoms with Crippen molar-refractivity contribution < 1.29 is 14.0 Å². The summed E-state index contributed by atoms with van der Waals surface area (Å²) in [5.74, 6) is 0. The number of hydrogen-bond acceptors (Lipinski definition) is 2. The van der Waals surface area contributed by atoms with Gasteiger partial charge in [0, 0.05) is 15.5 Å². The van der Waals surface area contributed by atoms with Crippen molar-refractivity contribution in [1.82, 2.24) is 0 Å². The van der Waals surface area contributed by atoms with Gasteiger partial charge in [0.05, 0.1) is 10.9 Å². The molecule has 0 aliphatic rings. The predicted molar refractivity (Wildman–Crippen MR) is 73.7 cm³/mol. The van der Waals surface area contributed by atoms with Crippen molar-refractivity contribution in [3.63, 3.8) is 0 Å². The molecule has 86 valence electrons. The highest BCUT2D eigenvalue weighted by molar-refractivity contribution is 9.12. The first kappa shape index (κ1) is 16.1. The van der Waals surface area contributed by atoms with E-state index >= 15 is 0 Å². The van der Waals surface area contributed by atoms with Gasteiger partial charge in [0.1, 0.15) is 0 Å². The highest BCUT2D eigenvalue weighted by atomic mass is 79.9. The van der Waals surface area contributed by atoms with Gasteiger partial charge in [0.2, 0.25) is 0 Å². The fourth-order valence-corrected chi connectivity index (χ4v) is 2.91. The first-order valence-corrected chi connectivity index (χ1v) is 9.14. The lowest BCUT2D eigenvalue weighted by atomic mass is 10.2. The van der Waals surface area contributed by atoms with Gasteiger partial charge in [-0.1, -0.05) is 63.7 Å². The van der Waals surface area contributed by atoms with Gasteiger partial charge >= 0.3 is 8.25 Å². The molecule has 0 rings (SSSR count). The zero-order valence-corrected chi connectivity index (χ0v) is 14.5. The van der Waals surface area contributed by atoms with E-state index in [1.54, 1.807) is 0 Å². The Morgan fingerprint density at radius 1 is 1.29 bits per heavy atom. The molecule has 0 amide bonds. The highest BCUT2D eigenvalue weighted by Gasteiger charge is 2.23. The normalized spacial score (nSPS) is 20.1. The lowest BCUT2D eigenvalue weighted by molar-refractivity contribution is 0.184. The standard InChI is InChI=1S/C6H11Br4O3P/c7-2-4(9)1-6(5(10)3-8)13-14(11)12/h4-6,14H,1-3H2,(H,11,12). The quantitative estimate of drug-likeness (QED) is 0.447. The molecule has 0 radical (unpaired) electrons. The van der Waals surface area contributed by atoms with Crippen LogP contribution in [0, 0.1) is 0 Å². The van der Waals surface area contributed by atoms with E-state index < -0.39 is 8.25 Å². The van der Waals surface area contributed by atoms with Crippen LogP contribution in [0.1, 0.15) is 6.42 Å². The van der Waals surface area contributed by atoms with Gasteiger partial charge in [0.25, 0.3) is 0 Å². The SMILES string of the molecule is O=[PH](O)OC(CC(Br)CBr)C(Br)CBr. The minimum absolute atomic E-state index is 0.0303. The summed E-state index contributed by atoms with van der Waals surface area (Å²) in [6.45, 7) is 0. The lowest BCUT2D eigenvalue weighted by Gasteiger charge is -2.21. The second-order valence-electron chi connectivity index (χ2n) is 2.58. The maximum absolute atomic E-state index is 10.6. The molecule has 0 spiro atoms. The third-order valence-electron chi connectivity index (χ3n) is 1.46. The molecule has 0 aliphatic carbocycles. The van der Waals surface area contributed by atoms with Crippen LogP contribution in [0.3, 0.4) is 0 Å². The Bertz CT molecular complexity index is 182. The summed E-state index contributed by atoms with van der Waals surface area (Å²) in [6, 6.07) is 0. The Morgan fingerprint density at radius 3 is 2.21 bits per heavy atom. The Morgan fingerprint density at radius 2 is 1.86 bits per heavy atom. The fourth-order valence-electron chi connectivity index (χ4n) is 0.814. The molecular formula is C6H11Br4O3P. The lowest BCUT2D eigenvalue weighted by Crippen LogP contribution is -2.27. The summed E-state index contributed by atoms with van der Waals surface area (Å²) >= 11 is 13.4. The molecule has 14 heavy (non-hydrogen) atoms. The monoisotopic (exact) mass is 478 g/mol. The van der Waals surface area contributed by atoms with Gasteiger partial charge < -0.3 is 9.42 Å². The minimum Gasteiger partial charge on any atom is -0.326 e. The smallest absolute Gasteiger partial charge is 0.316 e. The number of hydrogen-bond donors (Lipinski definition) is 1. The van der Waals surface area contributed by atoms with E-state index in [-0.39, 0.29) is 15.8 Å². The van der Waals surface area contributed by atoms with Crippen LogP contribution in [0.4, 0.5) is 0 Å². The van der Waals surface area contributed by atoms with E-state index in [1.165, 1.54) is 0 Å². The number of alkyl halides is 4. The van der Waals surface area contributed by atoms with E-state index in [0.29, 0.717) is 11.8 Å². The first-order valence-electron chi connectivity index (χ1n) is 3.80. The molecule has 3 nitrogen and oxygen atoms in total. The molecule has 0 saturated heterocycles. The molecule has 1 N–H and O–H groups in total. The van der Waals surface area contributed by atoms with E-state index in [4.69, 9.17) is 9.42 Å². The van der Waals surface area contributed by atoms with Gasteiger partial charge in [-0.25, -0.2) is 0 Å². The van der Waals surface area contributed by atoms with Crippen molar-refractivity contribution in [1.29, 1.82) is 0 Å². The van der Waals surface area contributed by atoms with Crippen LogP contribution in [0.25, 0.3) is 0 Å². The van der Waals surface area contributed by atoms with Crippen LogP contribution in [-0.2, 0) is 9.09 Å². The van der Waals surface area contributed by atoms with Crippen molar-refractivity contribution in [2.24, 2.45) is 0 Å². The average molecular weight is 482 g/mol. The zero-order chi connectivity index (χ0) is 11.1. The highest BCUT2D eigenvalue weighted by Crippen LogP contribution is 2.28. The van der Waals surface area contributed by atoms with Crippen molar-refractivity contribution in [3.8, 4) is 0 Å². The summed E-state index contributed by atoms with van der Waals surface area (Å²) < 4.78 is 15.5. The first-order chi connectivity index (χ1) is 6.51. The molecule has 0 aromatic heterocycles. The molecule has 0 bridgehead atoms. The zero-order valence-electron chi connectivity index (χ0n) is 7.13. The Balaban J connectivity index is 4.16. The minimum atomic E-state index is -2.88.